The Morgan fingerprint density at radius 3 is 2.52 bits per heavy atom. The molecular weight excluding hydrogens is 316 g/mol. The molecule has 0 unspecified atom stereocenters. The molecule has 1 heterocycles. The van der Waals surface area contributed by atoms with Crippen molar-refractivity contribution in [3.63, 3.8) is 0 Å². The third-order valence-corrected chi connectivity index (χ3v) is 4.12. The molecule has 0 atom stereocenters. The molecule has 0 saturated carbocycles. The van der Waals surface area contributed by atoms with Gasteiger partial charge in [-0.3, -0.25) is 4.79 Å². The van der Waals surface area contributed by atoms with Crippen LogP contribution in [0.15, 0.2) is 48.5 Å². The van der Waals surface area contributed by atoms with Gasteiger partial charge in [-0.05, 0) is 37.3 Å². The normalized spacial score (nSPS) is 10.7. The summed E-state index contributed by atoms with van der Waals surface area (Å²) in [6, 6.07) is 15.4. The number of hydrogen-bond donors (Lipinski definition) is 1. The van der Waals surface area contributed by atoms with Crippen molar-refractivity contribution < 1.29 is 14.3 Å². The molecule has 5 heteroatoms. The van der Waals surface area contributed by atoms with Crippen LogP contribution in [0.1, 0.15) is 16.1 Å². The monoisotopic (exact) mass is 338 g/mol. The molecule has 1 amide bonds. The quantitative estimate of drug-likeness (QED) is 0.747. The van der Waals surface area contributed by atoms with Crippen molar-refractivity contribution in [1.82, 2.24) is 9.88 Å². The molecule has 3 rings (SSSR count). The first kappa shape index (κ1) is 16.9. The number of methoxy groups -OCH3 is 1. The van der Waals surface area contributed by atoms with Crippen LogP contribution in [0.25, 0.3) is 10.9 Å². The van der Waals surface area contributed by atoms with Gasteiger partial charge in [-0.2, -0.15) is 0 Å². The number of rotatable bonds is 6. The third kappa shape index (κ3) is 3.94. The van der Waals surface area contributed by atoms with Crippen molar-refractivity contribution in [1.29, 1.82) is 0 Å². The van der Waals surface area contributed by atoms with E-state index in [0.29, 0.717) is 18.8 Å². The number of aromatic amines is 1. The van der Waals surface area contributed by atoms with Crippen LogP contribution in [-0.2, 0) is 0 Å². The van der Waals surface area contributed by atoms with Crippen molar-refractivity contribution in [3.05, 3.63) is 59.8 Å². The predicted octanol–water partition coefficient (Wildman–Crippen LogP) is 3.64. The topological polar surface area (TPSA) is 54.6 Å². The molecule has 130 valence electrons. The number of likely N-dealkylation sites (N-methyl/N-ethyl adjacent to an activating group) is 1. The van der Waals surface area contributed by atoms with E-state index in [1.165, 1.54) is 5.56 Å². The van der Waals surface area contributed by atoms with Crippen LogP contribution in [0, 0.1) is 6.92 Å². The lowest BCUT2D eigenvalue weighted by atomic mass is 10.2. The molecule has 5 nitrogen and oxygen atoms in total. The molecule has 0 aliphatic carbocycles. The van der Waals surface area contributed by atoms with E-state index < -0.39 is 0 Å². The first-order chi connectivity index (χ1) is 12.1. The largest absolute Gasteiger partial charge is 0.497 e. The number of H-pyrrole nitrogens is 1. The fourth-order valence-corrected chi connectivity index (χ4v) is 2.59. The van der Waals surface area contributed by atoms with Gasteiger partial charge in [-0.15, -0.1) is 0 Å². The summed E-state index contributed by atoms with van der Waals surface area (Å²) in [7, 11) is 3.39. The number of aromatic nitrogens is 1. The van der Waals surface area contributed by atoms with Crippen LogP contribution >= 0.6 is 0 Å². The SMILES string of the molecule is COc1ccc2cc(C(=O)N(C)CCOc3ccc(C)cc3)[nH]c2c1. The van der Waals surface area contributed by atoms with Gasteiger partial charge in [-0.1, -0.05) is 17.7 Å². The van der Waals surface area contributed by atoms with Gasteiger partial charge in [0.2, 0.25) is 0 Å². The van der Waals surface area contributed by atoms with Crippen molar-refractivity contribution in [2.75, 3.05) is 27.3 Å². The Bertz CT molecular complexity index is 868. The summed E-state index contributed by atoms with van der Waals surface area (Å²) in [4.78, 5) is 17.4. The van der Waals surface area contributed by atoms with E-state index in [0.717, 1.165) is 22.4 Å². The summed E-state index contributed by atoms with van der Waals surface area (Å²) in [5.41, 5.74) is 2.63. The second-order valence-corrected chi connectivity index (χ2v) is 6.02. The molecule has 25 heavy (non-hydrogen) atoms. The summed E-state index contributed by atoms with van der Waals surface area (Å²) < 4.78 is 10.9. The maximum absolute atomic E-state index is 12.6. The van der Waals surface area contributed by atoms with Crippen LogP contribution in [0.3, 0.4) is 0 Å². The van der Waals surface area contributed by atoms with E-state index in [1.807, 2.05) is 55.5 Å². The van der Waals surface area contributed by atoms with Crippen molar-refractivity contribution >= 4 is 16.8 Å². The maximum atomic E-state index is 12.6. The summed E-state index contributed by atoms with van der Waals surface area (Å²) in [5, 5.41) is 0.980. The van der Waals surface area contributed by atoms with Crippen LogP contribution in [0.4, 0.5) is 0 Å². The van der Waals surface area contributed by atoms with E-state index in [1.54, 1.807) is 19.1 Å². The number of nitrogens with one attached hydrogen (secondary N) is 1. The van der Waals surface area contributed by atoms with E-state index in [2.05, 4.69) is 4.98 Å². The van der Waals surface area contributed by atoms with Gasteiger partial charge in [0.15, 0.2) is 0 Å². The molecule has 0 radical (unpaired) electrons. The highest BCUT2D eigenvalue weighted by atomic mass is 16.5. The van der Waals surface area contributed by atoms with Gasteiger partial charge >= 0.3 is 0 Å². The predicted molar refractivity (Wildman–Crippen MR) is 98.5 cm³/mol. The second kappa shape index (κ2) is 7.30. The summed E-state index contributed by atoms with van der Waals surface area (Å²) in [6.45, 7) is 2.98. The molecule has 2 aromatic carbocycles. The van der Waals surface area contributed by atoms with Crippen molar-refractivity contribution in [2.24, 2.45) is 0 Å². The average Bonchev–Trinajstić information content (AvgIpc) is 3.05. The molecule has 1 N–H and O–H groups in total. The minimum Gasteiger partial charge on any atom is -0.497 e. The number of hydrogen-bond acceptors (Lipinski definition) is 3. The van der Waals surface area contributed by atoms with E-state index in [-0.39, 0.29) is 5.91 Å². The molecule has 0 bridgehead atoms. The minimum atomic E-state index is -0.0670. The summed E-state index contributed by atoms with van der Waals surface area (Å²) in [6.07, 6.45) is 0. The second-order valence-electron chi connectivity index (χ2n) is 6.02. The van der Waals surface area contributed by atoms with Crippen LogP contribution in [0.2, 0.25) is 0 Å². The summed E-state index contributed by atoms with van der Waals surface area (Å²) >= 11 is 0. The Morgan fingerprint density at radius 1 is 1.08 bits per heavy atom. The van der Waals surface area contributed by atoms with Crippen LogP contribution in [-0.4, -0.2) is 43.1 Å². The Hall–Kier alpha value is -2.95. The van der Waals surface area contributed by atoms with Gasteiger partial charge in [0.1, 0.15) is 23.8 Å². The first-order valence-corrected chi connectivity index (χ1v) is 8.18. The average molecular weight is 338 g/mol. The molecule has 0 aliphatic rings. The van der Waals surface area contributed by atoms with E-state index in [9.17, 15) is 4.79 Å². The Balaban J connectivity index is 1.60. The first-order valence-electron chi connectivity index (χ1n) is 8.18. The standard InChI is InChI=1S/C20H22N2O3/c1-14-4-7-16(8-5-14)25-11-10-22(2)20(23)19-12-15-6-9-17(24-3)13-18(15)21-19/h4-9,12-13,21H,10-11H2,1-3H3. The zero-order chi connectivity index (χ0) is 17.8. The van der Waals surface area contributed by atoms with Gasteiger partial charge in [0.05, 0.1) is 13.7 Å². The third-order valence-electron chi connectivity index (χ3n) is 4.12. The van der Waals surface area contributed by atoms with E-state index in [4.69, 9.17) is 9.47 Å². The van der Waals surface area contributed by atoms with Gasteiger partial charge < -0.3 is 19.4 Å². The van der Waals surface area contributed by atoms with Gasteiger partial charge in [0, 0.05) is 24.0 Å². The van der Waals surface area contributed by atoms with Gasteiger partial charge in [0.25, 0.3) is 5.91 Å². The molecule has 0 fully saturated rings. The van der Waals surface area contributed by atoms with Crippen LogP contribution < -0.4 is 9.47 Å². The number of aryl methyl sites for hydroxylation is 1. The Labute approximate surface area is 147 Å². The molecular formula is C20H22N2O3. The lowest BCUT2D eigenvalue weighted by Gasteiger charge is -2.16. The lowest BCUT2D eigenvalue weighted by molar-refractivity contribution is 0.0769. The highest BCUT2D eigenvalue weighted by molar-refractivity contribution is 5.98. The lowest BCUT2D eigenvalue weighted by Crippen LogP contribution is -2.31. The minimum absolute atomic E-state index is 0.0670. The van der Waals surface area contributed by atoms with E-state index >= 15 is 0 Å². The Kier molecular flexibility index (Phi) is 4.93. The van der Waals surface area contributed by atoms with Gasteiger partial charge in [-0.25, -0.2) is 0 Å². The highest BCUT2D eigenvalue weighted by Crippen LogP contribution is 2.21. The molecule has 0 saturated heterocycles. The zero-order valence-corrected chi connectivity index (χ0v) is 14.7. The number of carbonyl (C=O) groups excluding carboxylic acids is 1. The number of ether oxygens (including phenoxy) is 2. The fraction of sp³-hybridized carbons (Fsp3) is 0.250. The number of carbonyl (C=O) groups is 1. The Morgan fingerprint density at radius 2 is 1.80 bits per heavy atom. The summed E-state index contributed by atoms with van der Waals surface area (Å²) in [5.74, 6) is 1.50. The van der Waals surface area contributed by atoms with Crippen molar-refractivity contribution in [3.8, 4) is 11.5 Å². The maximum Gasteiger partial charge on any atom is 0.270 e. The fourth-order valence-electron chi connectivity index (χ4n) is 2.59. The number of nitrogens with zero attached hydrogens (tertiary/aromatic N) is 1. The smallest absolute Gasteiger partial charge is 0.270 e. The number of fused-ring (bicyclic) bond motifs is 1. The van der Waals surface area contributed by atoms with Crippen molar-refractivity contribution in [2.45, 2.75) is 6.92 Å². The molecule has 0 aliphatic heterocycles. The zero-order valence-electron chi connectivity index (χ0n) is 14.7. The highest BCUT2D eigenvalue weighted by Gasteiger charge is 2.14. The molecule has 3 aromatic rings. The number of benzene rings is 2. The molecule has 0 spiro atoms. The number of amides is 1. The molecule has 1 aromatic heterocycles. The van der Waals surface area contributed by atoms with Crippen LogP contribution in [0.5, 0.6) is 11.5 Å².